The van der Waals surface area contributed by atoms with Crippen LogP contribution in [0.3, 0.4) is 0 Å². The van der Waals surface area contributed by atoms with E-state index in [0.29, 0.717) is 10.7 Å². The van der Waals surface area contributed by atoms with Crippen molar-refractivity contribution in [2.45, 2.75) is 6.61 Å². The van der Waals surface area contributed by atoms with Crippen molar-refractivity contribution < 1.29 is 5.11 Å². The van der Waals surface area contributed by atoms with Crippen molar-refractivity contribution in [1.29, 1.82) is 0 Å². The van der Waals surface area contributed by atoms with Gasteiger partial charge in [-0.1, -0.05) is 17.7 Å². The normalized spacial score (nSPS) is 9.73. The summed E-state index contributed by atoms with van der Waals surface area (Å²) < 4.78 is 0. The molecule has 0 aromatic heterocycles. The molecule has 0 amide bonds. The Labute approximate surface area is 69.8 Å². The highest BCUT2D eigenvalue weighted by molar-refractivity contribution is 6.33. The summed E-state index contributed by atoms with van der Waals surface area (Å²) in [6.45, 7) is -0.00935. The van der Waals surface area contributed by atoms with E-state index < -0.39 is 0 Å². The highest BCUT2D eigenvalue weighted by Crippen LogP contribution is 2.21. The number of nitrogens with one attached hydrogen (secondary N) is 1. The van der Waals surface area contributed by atoms with Crippen LogP contribution < -0.4 is 11.3 Å². The Hall–Kier alpha value is -0.770. The summed E-state index contributed by atoms with van der Waals surface area (Å²) >= 11 is 5.75. The maximum Gasteiger partial charge on any atom is 0.0682 e. The number of nitrogen functional groups attached to an aromatic ring is 1. The lowest BCUT2D eigenvalue weighted by atomic mass is 10.2. The van der Waals surface area contributed by atoms with Crippen molar-refractivity contribution in [3.8, 4) is 0 Å². The van der Waals surface area contributed by atoms with Crippen molar-refractivity contribution in [3.05, 3.63) is 28.8 Å². The van der Waals surface area contributed by atoms with Crippen LogP contribution in [-0.4, -0.2) is 5.11 Å². The van der Waals surface area contributed by atoms with E-state index >= 15 is 0 Å². The van der Waals surface area contributed by atoms with Crippen LogP contribution in [0.1, 0.15) is 5.56 Å². The molecule has 0 saturated heterocycles. The summed E-state index contributed by atoms with van der Waals surface area (Å²) in [5.74, 6) is 5.15. The molecule has 60 valence electrons. The number of halogens is 1. The smallest absolute Gasteiger partial charge is 0.0682 e. The highest BCUT2D eigenvalue weighted by atomic mass is 35.5. The largest absolute Gasteiger partial charge is 0.392 e. The van der Waals surface area contributed by atoms with Crippen LogP contribution in [0.4, 0.5) is 5.69 Å². The van der Waals surface area contributed by atoms with Crippen LogP contribution in [0.15, 0.2) is 18.2 Å². The van der Waals surface area contributed by atoms with E-state index in [1.807, 2.05) is 0 Å². The predicted molar refractivity (Wildman–Crippen MR) is 45.2 cm³/mol. The molecule has 1 rings (SSSR count). The van der Waals surface area contributed by atoms with Gasteiger partial charge in [0.25, 0.3) is 0 Å². The molecule has 11 heavy (non-hydrogen) atoms. The molecule has 0 spiro atoms. The summed E-state index contributed by atoms with van der Waals surface area (Å²) in [6, 6.07) is 5.13. The standard InChI is InChI=1S/C7H9ClN2O/c8-6-3-5(4-11)1-2-7(6)10-9/h1-3,10-11H,4,9H2. The van der Waals surface area contributed by atoms with Gasteiger partial charge in [0.2, 0.25) is 0 Å². The van der Waals surface area contributed by atoms with Crippen molar-refractivity contribution in [2.24, 2.45) is 5.84 Å². The van der Waals surface area contributed by atoms with E-state index in [0.717, 1.165) is 5.56 Å². The van der Waals surface area contributed by atoms with E-state index in [1.165, 1.54) is 0 Å². The first-order chi connectivity index (χ1) is 5.27. The van der Waals surface area contributed by atoms with Crippen LogP contribution in [0.2, 0.25) is 5.02 Å². The molecule has 4 heteroatoms. The molecule has 1 aromatic carbocycles. The SMILES string of the molecule is NNc1ccc(CO)cc1Cl. The average Bonchev–Trinajstić information content (AvgIpc) is 2.04. The number of nitrogens with two attached hydrogens (primary N) is 1. The molecule has 3 nitrogen and oxygen atoms in total. The number of hydrogen-bond donors (Lipinski definition) is 3. The van der Waals surface area contributed by atoms with E-state index in [9.17, 15) is 0 Å². The van der Waals surface area contributed by atoms with E-state index in [4.69, 9.17) is 22.6 Å². The lowest BCUT2D eigenvalue weighted by Gasteiger charge is -2.03. The van der Waals surface area contributed by atoms with Gasteiger partial charge in [0.05, 0.1) is 17.3 Å². The Morgan fingerprint density at radius 1 is 1.55 bits per heavy atom. The Kier molecular flexibility index (Phi) is 2.70. The fourth-order valence-electron chi connectivity index (χ4n) is 0.774. The molecule has 0 heterocycles. The number of hydrogen-bond acceptors (Lipinski definition) is 3. The predicted octanol–water partition coefficient (Wildman–Crippen LogP) is 1.12. The monoisotopic (exact) mass is 172 g/mol. The highest BCUT2D eigenvalue weighted by Gasteiger charge is 1.98. The van der Waals surface area contributed by atoms with Gasteiger partial charge in [-0.25, -0.2) is 0 Å². The van der Waals surface area contributed by atoms with Gasteiger partial charge in [-0.05, 0) is 17.7 Å². The number of aliphatic hydroxyl groups is 1. The van der Waals surface area contributed by atoms with E-state index in [1.54, 1.807) is 18.2 Å². The molecule has 0 unspecified atom stereocenters. The molecule has 0 aliphatic heterocycles. The van der Waals surface area contributed by atoms with Crippen LogP contribution in [0.5, 0.6) is 0 Å². The van der Waals surface area contributed by atoms with E-state index in [-0.39, 0.29) is 6.61 Å². The first kappa shape index (κ1) is 8.33. The maximum absolute atomic E-state index is 8.72. The Morgan fingerprint density at radius 3 is 2.73 bits per heavy atom. The summed E-state index contributed by atoms with van der Waals surface area (Å²) in [7, 11) is 0. The number of aliphatic hydroxyl groups excluding tert-OH is 1. The minimum absolute atomic E-state index is 0.00935. The molecule has 0 saturated carbocycles. The van der Waals surface area contributed by atoms with Gasteiger partial charge in [0.15, 0.2) is 0 Å². The van der Waals surface area contributed by atoms with Crippen LogP contribution in [0, 0.1) is 0 Å². The lowest BCUT2D eigenvalue weighted by Crippen LogP contribution is -2.07. The van der Waals surface area contributed by atoms with Gasteiger partial charge in [-0.3, -0.25) is 5.84 Å². The number of benzene rings is 1. The molecular formula is C7H9ClN2O. The average molecular weight is 173 g/mol. The minimum atomic E-state index is -0.00935. The van der Waals surface area contributed by atoms with Crippen molar-refractivity contribution >= 4 is 17.3 Å². The molecule has 0 aliphatic rings. The van der Waals surface area contributed by atoms with E-state index in [2.05, 4.69) is 5.43 Å². The minimum Gasteiger partial charge on any atom is -0.392 e. The molecular weight excluding hydrogens is 164 g/mol. The quantitative estimate of drug-likeness (QED) is 0.463. The van der Waals surface area contributed by atoms with Crippen LogP contribution >= 0.6 is 11.6 Å². The zero-order chi connectivity index (χ0) is 8.27. The maximum atomic E-state index is 8.72. The zero-order valence-electron chi connectivity index (χ0n) is 5.84. The second-order valence-corrected chi connectivity index (χ2v) is 2.52. The summed E-state index contributed by atoms with van der Waals surface area (Å²) in [4.78, 5) is 0. The molecule has 0 aliphatic carbocycles. The third-order valence-corrected chi connectivity index (χ3v) is 1.68. The molecule has 0 bridgehead atoms. The third kappa shape index (κ3) is 1.83. The molecule has 0 atom stereocenters. The Morgan fingerprint density at radius 2 is 2.27 bits per heavy atom. The van der Waals surface area contributed by atoms with Gasteiger partial charge in [-0.15, -0.1) is 0 Å². The third-order valence-electron chi connectivity index (χ3n) is 1.37. The topological polar surface area (TPSA) is 58.3 Å². The number of hydrazine groups is 1. The fourth-order valence-corrected chi connectivity index (χ4v) is 1.03. The summed E-state index contributed by atoms with van der Waals surface area (Å²) in [5, 5.41) is 9.23. The molecule has 4 N–H and O–H groups in total. The molecule has 0 fully saturated rings. The Bertz CT molecular complexity index is 252. The van der Waals surface area contributed by atoms with Crippen molar-refractivity contribution in [1.82, 2.24) is 0 Å². The van der Waals surface area contributed by atoms with Crippen molar-refractivity contribution in [2.75, 3.05) is 5.43 Å². The van der Waals surface area contributed by atoms with Crippen LogP contribution in [0.25, 0.3) is 0 Å². The second kappa shape index (κ2) is 3.57. The Balaban J connectivity index is 2.99. The summed E-state index contributed by atoms with van der Waals surface area (Å²) in [6.07, 6.45) is 0. The molecule has 0 radical (unpaired) electrons. The number of rotatable bonds is 2. The summed E-state index contributed by atoms with van der Waals surface area (Å²) in [5.41, 5.74) is 3.86. The number of anilines is 1. The second-order valence-electron chi connectivity index (χ2n) is 2.12. The first-order valence-corrected chi connectivity index (χ1v) is 3.51. The lowest BCUT2D eigenvalue weighted by molar-refractivity contribution is 0.282. The van der Waals surface area contributed by atoms with Gasteiger partial charge < -0.3 is 10.5 Å². The van der Waals surface area contributed by atoms with Crippen LogP contribution in [-0.2, 0) is 6.61 Å². The van der Waals surface area contributed by atoms with Gasteiger partial charge >= 0.3 is 0 Å². The van der Waals surface area contributed by atoms with Gasteiger partial charge in [0, 0.05) is 0 Å². The van der Waals surface area contributed by atoms with Gasteiger partial charge in [-0.2, -0.15) is 0 Å². The zero-order valence-corrected chi connectivity index (χ0v) is 6.60. The molecule has 1 aromatic rings. The van der Waals surface area contributed by atoms with Gasteiger partial charge in [0.1, 0.15) is 0 Å². The van der Waals surface area contributed by atoms with Crippen molar-refractivity contribution in [3.63, 3.8) is 0 Å². The fraction of sp³-hybridized carbons (Fsp3) is 0.143. The first-order valence-electron chi connectivity index (χ1n) is 3.14.